The number of methoxy groups -OCH3 is 2. The van der Waals surface area contributed by atoms with Crippen molar-refractivity contribution >= 4 is 17.6 Å². The fourth-order valence-electron chi connectivity index (χ4n) is 2.51. The van der Waals surface area contributed by atoms with E-state index < -0.39 is 0 Å². The van der Waals surface area contributed by atoms with Crippen LogP contribution in [0.15, 0.2) is 47.5 Å². The topological polar surface area (TPSA) is 54.9 Å². The average Bonchev–Trinajstić information content (AvgIpc) is 2.64. The Bertz CT molecular complexity index is 720. The van der Waals surface area contributed by atoms with Gasteiger partial charge in [0.05, 0.1) is 14.2 Å². The molecule has 134 valence electrons. The lowest BCUT2D eigenvalue weighted by molar-refractivity contribution is 0.351. The highest BCUT2D eigenvalue weighted by atomic mass is 35.5. The first-order chi connectivity index (χ1) is 12.2. The second-order valence-electron chi connectivity index (χ2n) is 5.39. The fraction of sp³-hybridized carbons (Fsp3) is 0.316. The van der Waals surface area contributed by atoms with E-state index >= 15 is 0 Å². The Morgan fingerprint density at radius 1 is 1.08 bits per heavy atom. The Labute approximate surface area is 154 Å². The third kappa shape index (κ3) is 5.57. The fourth-order valence-corrected chi connectivity index (χ4v) is 2.72. The molecule has 0 unspecified atom stereocenters. The smallest absolute Gasteiger partial charge is 0.191 e. The first-order valence-corrected chi connectivity index (χ1v) is 8.44. The van der Waals surface area contributed by atoms with Crippen molar-refractivity contribution < 1.29 is 9.47 Å². The average molecular weight is 362 g/mol. The van der Waals surface area contributed by atoms with Crippen LogP contribution < -0.4 is 20.1 Å². The molecule has 0 spiro atoms. The molecule has 0 saturated carbocycles. The number of nitrogens with zero attached hydrogens (tertiary/aromatic N) is 1. The van der Waals surface area contributed by atoms with Crippen LogP contribution in [-0.4, -0.2) is 33.8 Å². The quantitative estimate of drug-likeness (QED) is 0.587. The first kappa shape index (κ1) is 18.9. The zero-order chi connectivity index (χ0) is 18.1. The summed E-state index contributed by atoms with van der Waals surface area (Å²) in [5.41, 5.74) is 2.18. The summed E-state index contributed by atoms with van der Waals surface area (Å²) in [5, 5.41) is 7.34. The first-order valence-electron chi connectivity index (χ1n) is 8.06. The Hall–Kier alpha value is -2.40. The molecule has 0 aliphatic heterocycles. The zero-order valence-electron chi connectivity index (χ0n) is 14.8. The van der Waals surface area contributed by atoms with Gasteiger partial charge in [0.25, 0.3) is 0 Å². The summed E-state index contributed by atoms with van der Waals surface area (Å²) in [4.78, 5) is 4.25. The Morgan fingerprint density at radius 3 is 2.56 bits per heavy atom. The van der Waals surface area contributed by atoms with Gasteiger partial charge in [0, 0.05) is 30.7 Å². The number of ether oxygens (including phenoxy) is 2. The van der Waals surface area contributed by atoms with Crippen LogP contribution in [0.5, 0.6) is 11.5 Å². The summed E-state index contributed by atoms with van der Waals surface area (Å²) in [6.07, 6.45) is 0.865. The van der Waals surface area contributed by atoms with Gasteiger partial charge >= 0.3 is 0 Å². The molecule has 2 N–H and O–H groups in total. The van der Waals surface area contributed by atoms with Gasteiger partial charge in [0.1, 0.15) is 0 Å². The number of hydrogen-bond acceptors (Lipinski definition) is 3. The van der Waals surface area contributed by atoms with E-state index in [1.54, 1.807) is 21.3 Å². The summed E-state index contributed by atoms with van der Waals surface area (Å²) in [6, 6.07) is 13.7. The van der Waals surface area contributed by atoms with Gasteiger partial charge in [-0.25, -0.2) is 0 Å². The molecule has 5 nitrogen and oxygen atoms in total. The van der Waals surface area contributed by atoms with Crippen LogP contribution in [0.1, 0.15) is 11.1 Å². The maximum Gasteiger partial charge on any atom is 0.191 e. The van der Waals surface area contributed by atoms with Crippen molar-refractivity contribution in [3.05, 3.63) is 58.6 Å². The molecule has 0 aliphatic rings. The molecule has 2 rings (SSSR count). The standard InChI is InChI=1S/C19H24ClN3O2/c1-21-19(22-11-10-14-6-4-8-16(20)12-14)23-13-15-7-5-9-17(24-2)18(15)25-3/h4-9,12H,10-11,13H2,1-3H3,(H2,21,22,23). The predicted molar refractivity (Wildman–Crippen MR) is 103 cm³/mol. The predicted octanol–water partition coefficient (Wildman–Crippen LogP) is 3.26. The molecule has 25 heavy (non-hydrogen) atoms. The molecular weight excluding hydrogens is 338 g/mol. The normalized spacial score (nSPS) is 11.1. The maximum absolute atomic E-state index is 6.01. The van der Waals surface area contributed by atoms with Crippen LogP contribution in [0.2, 0.25) is 5.02 Å². The second-order valence-corrected chi connectivity index (χ2v) is 5.82. The van der Waals surface area contributed by atoms with Crippen LogP contribution in [0, 0.1) is 0 Å². The second kappa shape index (κ2) is 9.79. The third-order valence-corrected chi connectivity index (χ3v) is 3.98. The summed E-state index contributed by atoms with van der Waals surface area (Å²) in [6.45, 7) is 1.34. The Morgan fingerprint density at radius 2 is 1.88 bits per heavy atom. The third-order valence-electron chi connectivity index (χ3n) is 3.75. The van der Waals surface area contributed by atoms with E-state index in [9.17, 15) is 0 Å². The molecule has 2 aromatic carbocycles. The molecule has 0 atom stereocenters. The molecule has 2 aromatic rings. The molecule has 0 amide bonds. The van der Waals surface area contributed by atoms with Crippen molar-refractivity contribution in [2.24, 2.45) is 4.99 Å². The highest BCUT2D eigenvalue weighted by molar-refractivity contribution is 6.30. The molecule has 0 fully saturated rings. The van der Waals surface area contributed by atoms with E-state index in [4.69, 9.17) is 21.1 Å². The highest BCUT2D eigenvalue weighted by Crippen LogP contribution is 2.30. The summed E-state index contributed by atoms with van der Waals surface area (Å²) >= 11 is 6.01. The number of para-hydroxylation sites is 1. The molecule has 6 heteroatoms. The summed E-state index contributed by atoms with van der Waals surface area (Å²) in [7, 11) is 5.02. The largest absolute Gasteiger partial charge is 0.493 e. The van der Waals surface area contributed by atoms with Crippen LogP contribution in [-0.2, 0) is 13.0 Å². The Kier molecular flexibility index (Phi) is 7.41. The molecule has 0 aromatic heterocycles. The maximum atomic E-state index is 6.01. The molecule has 0 radical (unpaired) electrons. The molecular formula is C19H24ClN3O2. The van der Waals surface area contributed by atoms with E-state index in [0.717, 1.165) is 35.3 Å². The monoisotopic (exact) mass is 361 g/mol. The summed E-state index contributed by atoms with van der Waals surface area (Å²) in [5.74, 6) is 2.17. The number of rotatable bonds is 7. The van der Waals surface area contributed by atoms with Gasteiger partial charge in [-0.05, 0) is 30.2 Å². The van der Waals surface area contributed by atoms with Crippen LogP contribution in [0.25, 0.3) is 0 Å². The Balaban J connectivity index is 1.88. The van der Waals surface area contributed by atoms with Gasteiger partial charge in [-0.15, -0.1) is 0 Å². The van der Waals surface area contributed by atoms with Crippen molar-refractivity contribution in [1.29, 1.82) is 0 Å². The lowest BCUT2D eigenvalue weighted by atomic mass is 10.1. The van der Waals surface area contributed by atoms with E-state index in [2.05, 4.69) is 21.7 Å². The lowest BCUT2D eigenvalue weighted by Crippen LogP contribution is -2.37. The van der Waals surface area contributed by atoms with Crippen molar-refractivity contribution in [2.75, 3.05) is 27.8 Å². The molecule has 0 heterocycles. The SMILES string of the molecule is CN=C(NCCc1cccc(Cl)c1)NCc1cccc(OC)c1OC. The van der Waals surface area contributed by atoms with Crippen molar-refractivity contribution in [1.82, 2.24) is 10.6 Å². The summed E-state index contributed by atoms with van der Waals surface area (Å²) < 4.78 is 10.8. The van der Waals surface area contributed by atoms with Gasteiger partial charge in [-0.2, -0.15) is 0 Å². The number of halogens is 1. The van der Waals surface area contributed by atoms with Crippen LogP contribution in [0.4, 0.5) is 0 Å². The van der Waals surface area contributed by atoms with E-state index in [-0.39, 0.29) is 0 Å². The van der Waals surface area contributed by atoms with Gasteiger partial charge in [-0.1, -0.05) is 35.9 Å². The highest BCUT2D eigenvalue weighted by Gasteiger charge is 2.09. The van der Waals surface area contributed by atoms with E-state index in [0.29, 0.717) is 12.3 Å². The van der Waals surface area contributed by atoms with Gasteiger partial charge < -0.3 is 20.1 Å². The molecule has 0 saturated heterocycles. The zero-order valence-corrected chi connectivity index (χ0v) is 15.6. The minimum absolute atomic E-state index is 0.581. The van der Waals surface area contributed by atoms with Gasteiger partial charge in [-0.3, -0.25) is 4.99 Å². The van der Waals surface area contributed by atoms with Crippen molar-refractivity contribution in [3.63, 3.8) is 0 Å². The van der Waals surface area contributed by atoms with Crippen molar-refractivity contribution in [3.8, 4) is 11.5 Å². The van der Waals surface area contributed by atoms with Crippen molar-refractivity contribution in [2.45, 2.75) is 13.0 Å². The lowest BCUT2D eigenvalue weighted by Gasteiger charge is -2.15. The minimum Gasteiger partial charge on any atom is -0.493 e. The van der Waals surface area contributed by atoms with E-state index in [1.165, 1.54) is 5.56 Å². The minimum atomic E-state index is 0.581. The number of hydrogen-bond donors (Lipinski definition) is 2. The molecule has 0 aliphatic carbocycles. The molecule has 0 bridgehead atoms. The van der Waals surface area contributed by atoms with Gasteiger partial charge in [0.2, 0.25) is 0 Å². The number of nitrogens with one attached hydrogen (secondary N) is 2. The van der Waals surface area contributed by atoms with Crippen LogP contribution in [0.3, 0.4) is 0 Å². The van der Waals surface area contributed by atoms with Gasteiger partial charge in [0.15, 0.2) is 17.5 Å². The number of guanidine groups is 1. The number of aliphatic imine (C=N–C) groups is 1. The van der Waals surface area contributed by atoms with Crippen LogP contribution >= 0.6 is 11.6 Å². The van der Waals surface area contributed by atoms with E-state index in [1.807, 2.05) is 36.4 Å². The number of benzene rings is 2.